The first kappa shape index (κ1) is 25.4. The smallest absolute Gasteiger partial charge is 0.308 e. The van der Waals surface area contributed by atoms with Crippen molar-refractivity contribution >= 4 is 63.6 Å². The molecule has 0 spiro atoms. The minimum Gasteiger partial charge on any atom is -0.469 e. The molecule has 0 aromatic carbocycles. The van der Waals surface area contributed by atoms with Gasteiger partial charge in [-0.25, -0.2) is 4.98 Å². The Morgan fingerprint density at radius 2 is 2.03 bits per heavy atom. The Morgan fingerprint density at radius 1 is 1.24 bits per heavy atom. The predicted molar refractivity (Wildman–Crippen MR) is 144 cm³/mol. The summed E-state index contributed by atoms with van der Waals surface area (Å²) in [5.41, 5.74) is 0.168. The summed E-state index contributed by atoms with van der Waals surface area (Å²) in [6.07, 6.45) is 8.01. The van der Waals surface area contributed by atoms with Gasteiger partial charge in [-0.2, -0.15) is 0 Å². The molecule has 1 saturated carbocycles. The molecule has 5 rings (SSSR count). The molecule has 1 atom stereocenters. The van der Waals surface area contributed by atoms with Crippen LogP contribution in [0, 0.1) is 0 Å². The zero-order chi connectivity index (χ0) is 26.1. The van der Waals surface area contributed by atoms with Gasteiger partial charge >= 0.3 is 5.97 Å². The van der Waals surface area contributed by atoms with Gasteiger partial charge in [-0.05, 0) is 31.1 Å². The van der Waals surface area contributed by atoms with E-state index in [-0.39, 0.29) is 41.2 Å². The zero-order valence-corrected chi connectivity index (χ0v) is 22.0. The zero-order valence-electron chi connectivity index (χ0n) is 20.3. The number of methoxy groups -OCH3 is 1. The highest BCUT2D eigenvalue weighted by Crippen LogP contribution is 2.38. The number of carbonyl (C=O) groups is 3. The molecule has 2 aliphatic heterocycles. The van der Waals surface area contributed by atoms with Crippen molar-refractivity contribution in [1.29, 1.82) is 0 Å². The molecule has 10 nitrogen and oxygen atoms in total. The topological polar surface area (TPSA) is 113 Å². The predicted octanol–water partition coefficient (Wildman–Crippen LogP) is 2.10. The van der Waals surface area contributed by atoms with Gasteiger partial charge in [0.15, 0.2) is 0 Å². The molecule has 1 N–H and O–H groups in total. The summed E-state index contributed by atoms with van der Waals surface area (Å²) in [5.74, 6) is -0.892. The van der Waals surface area contributed by atoms with Gasteiger partial charge in [-0.15, -0.1) is 0 Å². The van der Waals surface area contributed by atoms with E-state index in [0.29, 0.717) is 28.0 Å². The van der Waals surface area contributed by atoms with Crippen LogP contribution in [0.15, 0.2) is 34.1 Å². The van der Waals surface area contributed by atoms with E-state index in [0.717, 1.165) is 32.1 Å². The summed E-state index contributed by atoms with van der Waals surface area (Å²) < 4.78 is 6.69. The number of carbonyl (C=O) groups excluding carboxylic acids is 3. The number of amides is 2. The maximum atomic E-state index is 13.7. The van der Waals surface area contributed by atoms with Gasteiger partial charge in [0.25, 0.3) is 11.5 Å². The number of fused-ring (bicyclic) bond motifs is 1. The van der Waals surface area contributed by atoms with Crippen LogP contribution in [0.3, 0.4) is 0 Å². The number of piperazine rings is 1. The van der Waals surface area contributed by atoms with Gasteiger partial charge in [0.05, 0.1) is 24.0 Å². The van der Waals surface area contributed by atoms with Crippen LogP contribution in [-0.4, -0.2) is 68.7 Å². The SMILES string of the molecule is COC(=O)C[C@H]1C(=O)NCCN1c1nc2ccccn2c(=O)c1/C=C1\SC(=S)N(C2CCCCC2)C1=O. The molecule has 12 heteroatoms. The maximum absolute atomic E-state index is 13.7. The van der Waals surface area contributed by atoms with Gasteiger partial charge in [0.2, 0.25) is 5.91 Å². The summed E-state index contributed by atoms with van der Waals surface area (Å²) in [7, 11) is 1.26. The lowest BCUT2D eigenvalue weighted by atomic mass is 9.94. The molecule has 3 aliphatic rings. The Kier molecular flexibility index (Phi) is 7.29. The van der Waals surface area contributed by atoms with Gasteiger partial charge in [0.1, 0.15) is 21.8 Å². The lowest BCUT2D eigenvalue weighted by Gasteiger charge is -2.36. The molecule has 2 amide bonds. The highest BCUT2D eigenvalue weighted by Gasteiger charge is 2.39. The van der Waals surface area contributed by atoms with Crippen molar-refractivity contribution in [3.05, 3.63) is 45.2 Å². The number of nitrogens with zero attached hydrogens (tertiary/aromatic N) is 4. The van der Waals surface area contributed by atoms with E-state index < -0.39 is 12.0 Å². The van der Waals surface area contributed by atoms with Crippen molar-refractivity contribution in [2.24, 2.45) is 0 Å². The Hall–Kier alpha value is -3.25. The summed E-state index contributed by atoms with van der Waals surface area (Å²) in [6, 6.07) is 4.32. The van der Waals surface area contributed by atoms with Gasteiger partial charge in [-0.1, -0.05) is 49.3 Å². The molecule has 1 aliphatic carbocycles. The minimum atomic E-state index is -0.914. The summed E-state index contributed by atoms with van der Waals surface area (Å²) in [4.78, 5) is 60.5. The van der Waals surface area contributed by atoms with Crippen LogP contribution in [-0.2, 0) is 19.1 Å². The third-order valence-electron chi connectivity index (χ3n) is 6.98. The molecule has 37 heavy (non-hydrogen) atoms. The second-order valence-corrected chi connectivity index (χ2v) is 10.9. The minimum absolute atomic E-state index is 0.0673. The average Bonchev–Trinajstić information content (AvgIpc) is 3.19. The normalized spacial score (nSPS) is 22.1. The highest BCUT2D eigenvalue weighted by molar-refractivity contribution is 8.26. The fourth-order valence-corrected chi connectivity index (χ4v) is 6.50. The molecule has 0 unspecified atom stereocenters. The number of aromatic nitrogens is 2. The molecular formula is C25H27N5O5S2. The first-order chi connectivity index (χ1) is 17.9. The number of anilines is 1. The van der Waals surface area contributed by atoms with Crippen LogP contribution >= 0.6 is 24.0 Å². The largest absolute Gasteiger partial charge is 0.469 e. The van der Waals surface area contributed by atoms with Crippen LogP contribution in [0.2, 0.25) is 0 Å². The molecule has 194 valence electrons. The molecular weight excluding hydrogens is 514 g/mol. The maximum Gasteiger partial charge on any atom is 0.308 e. The van der Waals surface area contributed by atoms with E-state index in [9.17, 15) is 19.2 Å². The quantitative estimate of drug-likeness (QED) is 0.345. The number of thioether (sulfide) groups is 1. The third-order valence-corrected chi connectivity index (χ3v) is 8.31. The van der Waals surface area contributed by atoms with E-state index in [1.165, 1.54) is 29.3 Å². The number of ether oxygens (including phenoxy) is 1. The van der Waals surface area contributed by atoms with Crippen LogP contribution in [0.4, 0.5) is 5.82 Å². The van der Waals surface area contributed by atoms with Crippen molar-refractivity contribution in [3.8, 4) is 0 Å². The van der Waals surface area contributed by atoms with Gasteiger partial charge in [-0.3, -0.25) is 28.5 Å². The van der Waals surface area contributed by atoms with Crippen LogP contribution in [0.1, 0.15) is 44.1 Å². The fraction of sp³-hybridized carbons (Fsp3) is 0.440. The first-order valence-corrected chi connectivity index (χ1v) is 13.5. The number of pyridine rings is 1. The Bertz CT molecular complexity index is 1370. The molecule has 4 heterocycles. The number of rotatable bonds is 5. The lowest BCUT2D eigenvalue weighted by Crippen LogP contribution is -2.57. The van der Waals surface area contributed by atoms with E-state index in [1.54, 1.807) is 34.2 Å². The molecule has 0 radical (unpaired) electrons. The van der Waals surface area contributed by atoms with Crippen molar-refractivity contribution in [2.45, 2.75) is 50.6 Å². The summed E-state index contributed by atoms with van der Waals surface area (Å²) in [6.45, 7) is 0.641. The van der Waals surface area contributed by atoms with Crippen LogP contribution in [0.5, 0.6) is 0 Å². The van der Waals surface area contributed by atoms with Gasteiger partial charge in [0, 0.05) is 25.3 Å². The van der Waals surface area contributed by atoms with Gasteiger partial charge < -0.3 is 15.0 Å². The number of hydrogen-bond acceptors (Lipinski definition) is 9. The van der Waals surface area contributed by atoms with Crippen molar-refractivity contribution in [2.75, 3.05) is 25.1 Å². The highest BCUT2D eigenvalue weighted by atomic mass is 32.2. The van der Waals surface area contributed by atoms with E-state index >= 15 is 0 Å². The van der Waals surface area contributed by atoms with Crippen LogP contribution in [0.25, 0.3) is 11.7 Å². The summed E-state index contributed by atoms with van der Waals surface area (Å²) >= 11 is 6.74. The Labute approximate surface area is 223 Å². The second-order valence-electron chi connectivity index (χ2n) is 9.21. The molecule has 2 aromatic rings. The molecule has 0 bridgehead atoms. The van der Waals surface area contributed by atoms with E-state index in [4.69, 9.17) is 21.9 Å². The second kappa shape index (κ2) is 10.6. The number of hydrogen-bond donors (Lipinski definition) is 1. The van der Waals surface area contributed by atoms with E-state index in [1.807, 2.05) is 0 Å². The number of nitrogens with one attached hydrogen (secondary N) is 1. The Morgan fingerprint density at radius 3 is 2.78 bits per heavy atom. The number of esters is 1. The number of thiocarbonyl (C=S) groups is 1. The summed E-state index contributed by atoms with van der Waals surface area (Å²) in [5, 5.41) is 2.76. The molecule has 2 aromatic heterocycles. The monoisotopic (exact) mass is 541 g/mol. The van der Waals surface area contributed by atoms with Crippen molar-refractivity contribution in [3.63, 3.8) is 0 Å². The van der Waals surface area contributed by atoms with Crippen LogP contribution < -0.4 is 15.8 Å². The molecule has 2 saturated heterocycles. The fourth-order valence-electron chi connectivity index (χ4n) is 5.11. The van der Waals surface area contributed by atoms with Crippen molar-refractivity contribution < 1.29 is 19.1 Å². The first-order valence-electron chi connectivity index (χ1n) is 12.3. The molecule has 3 fully saturated rings. The lowest BCUT2D eigenvalue weighted by molar-refractivity contribution is -0.143. The van der Waals surface area contributed by atoms with E-state index in [2.05, 4.69) is 5.32 Å². The average molecular weight is 542 g/mol. The third kappa shape index (κ3) is 4.87. The Balaban J connectivity index is 1.61. The van der Waals surface area contributed by atoms with Crippen molar-refractivity contribution in [1.82, 2.24) is 19.6 Å². The standard InChI is InChI=1S/C25H27N5O5S2/c1-35-20(31)14-17-22(32)26-10-12-28(17)21-16(23(33)29-11-6-5-9-19(29)27-21)13-18-24(34)30(25(36)37-18)15-7-3-2-4-8-15/h5-6,9,11,13,15,17H,2-4,7-8,10,12,14H2,1H3,(H,26,32)/b18-13-/t17-/m0/s1.